The second kappa shape index (κ2) is 7.39. The summed E-state index contributed by atoms with van der Waals surface area (Å²) in [5, 5.41) is 3.93. The molecule has 0 spiro atoms. The van der Waals surface area contributed by atoms with Gasteiger partial charge < -0.3 is 10.1 Å². The second-order valence-corrected chi connectivity index (χ2v) is 4.92. The van der Waals surface area contributed by atoms with Crippen molar-refractivity contribution in [1.82, 2.24) is 5.32 Å². The van der Waals surface area contributed by atoms with Gasteiger partial charge in [0.25, 0.3) is 0 Å². The smallest absolute Gasteiger partial charge is 0.323 e. The van der Waals surface area contributed by atoms with Crippen LogP contribution in [0.15, 0.2) is 24.3 Å². The van der Waals surface area contributed by atoms with Crippen LogP contribution in [0.5, 0.6) is 0 Å². The van der Waals surface area contributed by atoms with Crippen molar-refractivity contribution in [3.05, 3.63) is 34.9 Å². The lowest BCUT2D eigenvalue weighted by atomic mass is 10.0. The first-order valence-electron chi connectivity index (χ1n) is 6.19. The van der Waals surface area contributed by atoms with Gasteiger partial charge in [-0.3, -0.25) is 4.79 Å². The van der Waals surface area contributed by atoms with Gasteiger partial charge in [0.05, 0.1) is 6.61 Å². The molecule has 0 aromatic heterocycles. The summed E-state index contributed by atoms with van der Waals surface area (Å²) in [7, 11) is 0. The first-order valence-corrected chi connectivity index (χ1v) is 6.56. The number of hydrogen-bond acceptors (Lipinski definition) is 3. The number of ether oxygens (including phenoxy) is 1. The minimum atomic E-state index is -0.277. The molecule has 1 N–H and O–H groups in total. The van der Waals surface area contributed by atoms with Gasteiger partial charge >= 0.3 is 5.97 Å². The van der Waals surface area contributed by atoms with Gasteiger partial charge in [0.2, 0.25) is 0 Å². The van der Waals surface area contributed by atoms with E-state index in [4.69, 9.17) is 16.3 Å². The van der Waals surface area contributed by atoms with Crippen molar-refractivity contribution < 1.29 is 9.53 Å². The van der Waals surface area contributed by atoms with Crippen LogP contribution >= 0.6 is 11.6 Å². The van der Waals surface area contributed by atoms with Crippen molar-refractivity contribution in [2.24, 2.45) is 5.92 Å². The molecule has 0 aliphatic rings. The van der Waals surface area contributed by atoms with Crippen LogP contribution in [0.1, 0.15) is 26.3 Å². The summed E-state index contributed by atoms with van der Waals surface area (Å²) in [5.41, 5.74) is 1.09. The predicted molar refractivity (Wildman–Crippen MR) is 73.6 cm³/mol. The third-order valence-electron chi connectivity index (χ3n) is 2.65. The van der Waals surface area contributed by atoms with Gasteiger partial charge in [-0.05, 0) is 30.5 Å². The van der Waals surface area contributed by atoms with Crippen LogP contribution in [0.25, 0.3) is 0 Å². The minimum absolute atomic E-state index is 0.191. The highest BCUT2D eigenvalue weighted by molar-refractivity contribution is 6.30. The lowest BCUT2D eigenvalue weighted by Crippen LogP contribution is -2.41. The summed E-state index contributed by atoms with van der Waals surface area (Å²) in [6.07, 6.45) is 0. The minimum Gasteiger partial charge on any atom is -0.465 e. The molecule has 0 heterocycles. The Morgan fingerprint density at radius 3 is 2.44 bits per heavy atom. The topological polar surface area (TPSA) is 38.3 Å². The predicted octanol–water partition coefficient (Wildman–Crippen LogP) is 3.02. The molecule has 4 heteroatoms. The van der Waals surface area contributed by atoms with Gasteiger partial charge in [-0.25, -0.2) is 0 Å². The molecule has 0 aliphatic heterocycles. The molecule has 1 aromatic rings. The van der Waals surface area contributed by atoms with E-state index in [0.717, 1.165) is 5.56 Å². The van der Waals surface area contributed by atoms with E-state index >= 15 is 0 Å². The van der Waals surface area contributed by atoms with Crippen molar-refractivity contribution in [3.63, 3.8) is 0 Å². The molecule has 1 atom stereocenters. The van der Waals surface area contributed by atoms with Gasteiger partial charge in [-0.15, -0.1) is 0 Å². The average Bonchev–Trinajstić information content (AvgIpc) is 2.31. The molecule has 18 heavy (non-hydrogen) atoms. The zero-order valence-corrected chi connectivity index (χ0v) is 11.8. The molecule has 0 radical (unpaired) electrons. The molecule has 1 aromatic carbocycles. The molecule has 0 aliphatic carbocycles. The summed E-state index contributed by atoms with van der Waals surface area (Å²) in [6.45, 7) is 6.84. The van der Waals surface area contributed by atoms with E-state index in [-0.39, 0.29) is 17.9 Å². The Morgan fingerprint density at radius 1 is 1.33 bits per heavy atom. The maximum Gasteiger partial charge on any atom is 0.323 e. The van der Waals surface area contributed by atoms with Crippen LogP contribution in [0, 0.1) is 5.92 Å². The zero-order valence-electron chi connectivity index (χ0n) is 11.1. The van der Waals surface area contributed by atoms with Crippen LogP contribution in [0.3, 0.4) is 0 Å². The summed E-state index contributed by atoms with van der Waals surface area (Å²) in [5.74, 6) is -0.00202. The van der Waals surface area contributed by atoms with Crippen molar-refractivity contribution in [2.45, 2.75) is 33.4 Å². The third kappa shape index (κ3) is 4.67. The number of nitrogens with one attached hydrogen (secondary N) is 1. The number of hydrogen-bond donors (Lipinski definition) is 1. The molecule has 0 fully saturated rings. The van der Waals surface area contributed by atoms with E-state index in [9.17, 15) is 4.79 Å². The zero-order chi connectivity index (χ0) is 13.5. The highest BCUT2D eigenvalue weighted by atomic mass is 35.5. The monoisotopic (exact) mass is 269 g/mol. The largest absolute Gasteiger partial charge is 0.465 e. The molecule has 100 valence electrons. The van der Waals surface area contributed by atoms with Gasteiger partial charge in [-0.2, -0.15) is 0 Å². The fraction of sp³-hybridized carbons (Fsp3) is 0.500. The van der Waals surface area contributed by atoms with E-state index in [2.05, 4.69) is 5.32 Å². The molecule has 0 bridgehead atoms. The fourth-order valence-corrected chi connectivity index (χ4v) is 1.78. The van der Waals surface area contributed by atoms with Crippen molar-refractivity contribution in [1.29, 1.82) is 0 Å². The maximum atomic E-state index is 11.8. The van der Waals surface area contributed by atoms with Crippen LogP contribution < -0.4 is 5.32 Å². The van der Waals surface area contributed by atoms with Crippen molar-refractivity contribution in [3.8, 4) is 0 Å². The summed E-state index contributed by atoms with van der Waals surface area (Å²) >= 11 is 5.82. The Kier molecular flexibility index (Phi) is 6.16. The summed E-state index contributed by atoms with van der Waals surface area (Å²) in [4.78, 5) is 11.8. The quantitative estimate of drug-likeness (QED) is 0.807. The Labute approximate surface area is 113 Å². The van der Waals surface area contributed by atoms with Crippen molar-refractivity contribution in [2.75, 3.05) is 6.61 Å². The Morgan fingerprint density at radius 2 is 1.94 bits per heavy atom. The van der Waals surface area contributed by atoms with Crippen LogP contribution in [0.2, 0.25) is 5.02 Å². The normalized spacial score (nSPS) is 12.5. The van der Waals surface area contributed by atoms with E-state index in [1.54, 1.807) is 0 Å². The average molecular weight is 270 g/mol. The van der Waals surface area contributed by atoms with Gasteiger partial charge in [0, 0.05) is 11.6 Å². The van der Waals surface area contributed by atoms with Gasteiger partial charge in [-0.1, -0.05) is 37.6 Å². The first-order chi connectivity index (χ1) is 8.54. The highest BCUT2D eigenvalue weighted by Gasteiger charge is 2.22. The maximum absolute atomic E-state index is 11.8. The standard InChI is InChI=1S/C14H20ClNO2/c1-4-18-14(17)13(10(2)3)16-9-11-5-7-12(15)8-6-11/h5-8,10,13,16H,4,9H2,1-3H3. The number of carbonyl (C=O) groups is 1. The Bertz CT molecular complexity index is 376. The number of carbonyl (C=O) groups excluding carboxylic acids is 1. The lowest BCUT2D eigenvalue weighted by molar-refractivity contribution is -0.146. The SMILES string of the molecule is CCOC(=O)C(NCc1ccc(Cl)cc1)C(C)C. The molecular formula is C14H20ClNO2. The lowest BCUT2D eigenvalue weighted by Gasteiger charge is -2.20. The molecule has 1 unspecified atom stereocenters. The second-order valence-electron chi connectivity index (χ2n) is 4.48. The molecule has 0 amide bonds. The van der Waals surface area contributed by atoms with Crippen LogP contribution in [0.4, 0.5) is 0 Å². The Hall–Kier alpha value is -1.06. The van der Waals surface area contributed by atoms with E-state index < -0.39 is 0 Å². The molecule has 1 rings (SSSR count). The molecule has 0 saturated carbocycles. The number of benzene rings is 1. The van der Waals surface area contributed by atoms with Gasteiger partial charge in [0.1, 0.15) is 6.04 Å². The third-order valence-corrected chi connectivity index (χ3v) is 2.90. The van der Waals surface area contributed by atoms with E-state index in [1.165, 1.54) is 0 Å². The number of esters is 1. The van der Waals surface area contributed by atoms with Crippen LogP contribution in [-0.2, 0) is 16.1 Å². The van der Waals surface area contributed by atoms with E-state index in [0.29, 0.717) is 18.2 Å². The molecule has 3 nitrogen and oxygen atoms in total. The Balaban J connectivity index is 2.57. The highest BCUT2D eigenvalue weighted by Crippen LogP contribution is 2.11. The summed E-state index contributed by atoms with van der Waals surface area (Å²) in [6, 6.07) is 7.29. The van der Waals surface area contributed by atoms with E-state index in [1.807, 2.05) is 45.0 Å². The fourth-order valence-electron chi connectivity index (χ4n) is 1.65. The molecular weight excluding hydrogens is 250 g/mol. The first kappa shape index (κ1) is 15.0. The van der Waals surface area contributed by atoms with Crippen LogP contribution in [-0.4, -0.2) is 18.6 Å². The summed E-state index contributed by atoms with van der Waals surface area (Å²) < 4.78 is 5.05. The number of halogens is 1. The molecule has 0 saturated heterocycles. The van der Waals surface area contributed by atoms with Crippen molar-refractivity contribution >= 4 is 17.6 Å². The van der Waals surface area contributed by atoms with Gasteiger partial charge in [0.15, 0.2) is 0 Å². The number of rotatable bonds is 6.